The van der Waals surface area contributed by atoms with Gasteiger partial charge in [0.2, 0.25) is 0 Å². The van der Waals surface area contributed by atoms with Crippen molar-refractivity contribution in [3.05, 3.63) is 41.3 Å². The third-order valence-corrected chi connectivity index (χ3v) is 2.33. The lowest BCUT2D eigenvalue weighted by Crippen LogP contribution is -1.99. The van der Waals surface area contributed by atoms with Gasteiger partial charge in [0.05, 0.1) is 5.69 Å². The Balaban J connectivity index is 2.45. The Labute approximate surface area is 88.8 Å². The molecule has 2 N–H and O–H groups in total. The van der Waals surface area contributed by atoms with Gasteiger partial charge in [-0.25, -0.2) is 9.67 Å². The predicted molar refractivity (Wildman–Crippen MR) is 58.7 cm³/mol. The predicted octanol–water partition coefficient (Wildman–Crippen LogP) is 1.34. The Morgan fingerprint density at radius 1 is 1.33 bits per heavy atom. The average Bonchev–Trinajstić information content (AvgIpc) is 2.60. The number of aromatic nitrogens is 3. The lowest BCUT2D eigenvalue weighted by molar-refractivity contribution is 0.827. The van der Waals surface area contributed by atoms with Crippen LogP contribution in [0, 0.1) is 13.8 Å². The minimum Gasteiger partial charge on any atom is -0.326 e. The Hall–Kier alpha value is -1.68. The van der Waals surface area contributed by atoms with Crippen molar-refractivity contribution in [3.8, 4) is 5.82 Å². The maximum Gasteiger partial charge on any atom is 0.153 e. The van der Waals surface area contributed by atoms with Gasteiger partial charge in [-0.15, -0.1) is 0 Å². The molecule has 2 heterocycles. The number of aryl methyl sites for hydroxylation is 2. The van der Waals surface area contributed by atoms with Crippen molar-refractivity contribution in [1.82, 2.24) is 14.8 Å². The molecular formula is C11H14N4. The molecule has 0 spiro atoms. The van der Waals surface area contributed by atoms with Crippen LogP contribution in [0.2, 0.25) is 0 Å². The molecule has 0 aliphatic heterocycles. The summed E-state index contributed by atoms with van der Waals surface area (Å²) >= 11 is 0. The van der Waals surface area contributed by atoms with Crippen LogP contribution < -0.4 is 5.73 Å². The second-order valence-electron chi connectivity index (χ2n) is 3.53. The van der Waals surface area contributed by atoms with Crippen molar-refractivity contribution in [1.29, 1.82) is 0 Å². The highest BCUT2D eigenvalue weighted by molar-refractivity contribution is 5.27. The van der Waals surface area contributed by atoms with Crippen LogP contribution in [0.5, 0.6) is 0 Å². The van der Waals surface area contributed by atoms with E-state index < -0.39 is 0 Å². The topological polar surface area (TPSA) is 56.7 Å². The number of nitrogens with zero attached hydrogens (tertiary/aromatic N) is 3. The Kier molecular flexibility index (Phi) is 2.51. The van der Waals surface area contributed by atoms with Gasteiger partial charge in [-0.3, -0.25) is 0 Å². The van der Waals surface area contributed by atoms with Crippen LogP contribution in [0.15, 0.2) is 24.4 Å². The Morgan fingerprint density at radius 3 is 2.73 bits per heavy atom. The molecule has 0 radical (unpaired) electrons. The molecule has 0 fully saturated rings. The Bertz CT molecular complexity index is 473. The van der Waals surface area contributed by atoms with Crippen LogP contribution in [0.1, 0.15) is 17.0 Å². The molecule has 0 atom stereocenters. The monoisotopic (exact) mass is 202 g/mol. The highest BCUT2D eigenvalue weighted by Crippen LogP contribution is 2.09. The second kappa shape index (κ2) is 3.82. The largest absolute Gasteiger partial charge is 0.326 e. The van der Waals surface area contributed by atoms with E-state index in [1.807, 2.05) is 38.2 Å². The molecule has 2 aromatic heterocycles. The van der Waals surface area contributed by atoms with Gasteiger partial charge in [0.15, 0.2) is 5.82 Å². The van der Waals surface area contributed by atoms with Crippen molar-refractivity contribution in [2.24, 2.45) is 5.73 Å². The zero-order valence-corrected chi connectivity index (χ0v) is 8.94. The Morgan fingerprint density at radius 2 is 2.13 bits per heavy atom. The van der Waals surface area contributed by atoms with E-state index in [1.165, 1.54) is 0 Å². The highest BCUT2D eigenvalue weighted by Gasteiger charge is 2.05. The molecule has 4 nitrogen and oxygen atoms in total. The first-order chi connectivity index (χ1) is 7.20. The SMILES string of the molecule is Cc1cccc(-n2cc(CN)c(C)n2)n1. The molecule has 0 aromatic carbocycles. The molecule has 2 rings (SSSR count). The van der Waals surface area contributed by atoms with Crippen LogP contribution in [0.4, 0.5) is 0 Å². The zero-order valence-electron chi connectivity index (χ0n) is 8.94. The lowest BCUT2D eigenvalue weighted by Gasteiger charge is -2.00. The molecule has 0 bridgehead atoms. The first kappa shape index (κ1) is 9.86. The summed E-state index contributed by atoms with van der Waals surface area (Å²) in [7, 11) is 0. The van der Waals surface area contributed by atoms with Crippen molar-refractivity contribution in [2.75, 3.05) is 0 Å². The van der Waals surface area contributed by atoms with E-state index in [0.29, 0.717) is 6.54 Å². The lowest BCUT2D eigenvalue weighted by atomic mass is 10.3. The van der Waals surface area contributed by atoms with Crippen molar-refractivity contribution in [2.45, 2.75) is 20.4 Å². The molecule has 0 amide bonds. The molecule has 0 aliphatic rings. The van der Waals surface area contributed by atoms with E-state index >= 15 is 0 Å². The van der Waals surface area contributed by atoms with Gasteiger partial charge in [-0.05, 0) is 26.0 Å². The van der Waals surface area contributed by atoms with Crippen molar-refractivity contribution >= 4 is 0 Å². The van der Waals surface area contributed by atoms with Gasteiger partial charge < -0.3 is 5.73 Å². The van der Waals surface area contributed by atoms with Gasteiger partial charge >= 0.3 is 0 Å². The molecular weight excluding hydrogens is 188 g/mol. The fourth-order valence-corrected chi connectivity index (χ4v) is 1.47. The summed E-state index contributed by atoms with van der Waals surface area (Å²) in [4.78, 5) is 4.39. The van der Waals surface area contributed by atoms with Crippen molar-refractivity contribution in [3.63, 3.8) is 0 Å². The first-order valence-corrected chi connectivity index (χ1v) is 4.90. The third-order valence-electron chi connectivity index (χ3n) is 2.33. The fraction of sp³-hybridized carbons (Fsp3) is 0.273. The number of rotatable bonds is 2. The van der Waals surface area contributed by atoms with Gasteiger partial charge in [-0.2, -0.15) is 5.10 Å². The molecule has 15 heavy (non-hydrogen) atoms. The van der Waals surface area contributed by atoms with Crippen LogP contribution in [-0.4, -0.2) is 14.8 Å². The minimum atomic E-state index is 0.512. The normalized spacial score (nSPS) is 10.6. The van der Waals surface area contributed by atoms with E-state index in [1.54, 1.807) is 4.68 Å². The van der Waals surface area contributed by atoms with Gasteiger partial charge in [0.25, 0.3) is 0 Å². The molecule has 2 aromatic rings. The standard InChI is InChI=1S/C11H14N4/c1-8-4-3-5-11(13-8)15-7-10(6-12)9(2)14-15/h3-5,7H,6,12H2,1-2H3. The van der Waals surface area contributed by atoms with E-state index in [0.717, 1.165) is 22.8 Å². The summed E-state index contributed by atoms with van der Waals surface area (Å²) < 4.78 is 1.77. The maximum absolute atomic E-state index is 5.60. The highest BCUT2D eigenvalue weighted by atomic mass is 15.3. The maximum atomic E-state index is 5.60. The molecule has 78 valence electrons. The van der Waals surface area contributed by atoms with Crippen molar-refractivity contribution < 1.29 is 0 Å². The second-order valence-corrected chi connectivity index (χ2v) is 3.53. The summed E-state index contributed by atoms with van der Waals surface area (Å²) in [6.45, 7) is 4.43. The van der Waals surface area contributed by atoms with Crippen LogP contribution in [-0.2, 0) is 6.54 Å². The number of pyridine rings is 1. The average molecular weight is 202 g/mol. The quantitative estimate of drug-likeness (QED) is 0.799. The smallest absolute Gasteiger partial charge is 0.153 e. The fourth-order valence-electron chi connectivity index (χ4n) is 1.47. The van der Waals surface area contributed by atoms with Gasteiger partial charge in [0, 0.05) is 24.0 Å². The summed E-state index contributed by atoms with van der Waals surface area (Å²) in [6.07, 6.45) is 1.93. The van der Waals surface area contributed by atoms with Crippen LogP contribution in [0.3, 0.4) is 0 Å². The summed E-state index contributed by atoms with van der Waals surface area (Å²) in [5.74, 6) is 0.831. The van der Waals surface area contributed by atoms with E-state index in [2.05, 4.69) is 10.1 Å². The third kappa shape index (κ3) is 1.89. The minimum absolute atomic E-state index is 0.512. The van der Waals surface area contributed by atoms with Crippen LogP contribution in [0.25, 0.3) is 5.82 Å². The number of hydrogen-bond donors (Lipinski definition) is 1. The van der Waals surface area contributed by atoms with E-state index in [-0.39, 0.29) is 0 Å². The molecule has 0 saturated carbocycles. The first-order valence-electron chi connectivity index (χ1n) is 4.90. The molecule has 0 unspecified atom stereocenters. The van der Waals surface area contributed by atoms with Crippen LogP contribution >= 0.6 is 0 Å². The molecule has 0 aliphatic carbocycles. The van der Waals surface area contributed by atoms with E-state index in [9.17, 15) is 0 Å². The van der Waals surface area contributed by atoms with Gasteiger partial charge in [0.1, 0.15) is 0 Å². The summed E-state index contributed by atoms with van der Waals surface area (Å²) in [6, 6.07) is 5.86. The van der Waals surface area contributed by atoms with E-state index in [4.69, 9.17) is 5.73 Å². The summed E-state index contributed by atoms with van der Waals surface area (Å²) in [5.41, 5.74) is 8.59. The molecule has 0 saturated heterocycles. The zero-order chi connectivity index (χ0) is 10.8. The van der Waals surface area contributed by atoms with Gasteiger partial charge in [-0.1, -0.05) is 6.07 Å². The molecule has 4 heteroatoms. The number of nitrogens with two attached hydrogens (primary N) is 1. The summed E-state index contributed by atoms with van der Waals surface area (Å²) in [5, 5.41) is 4.37. The number of hydrogen-bond acceptors (Lipinski definition) is 3.